The van der Waals surface area contributed by atoms with E-state index in [0.29, 0.717) is 11.4 Å². The van der Waals surface area contributed by atoms with E-state index in [1.807, 2.05) is 78.7 Å². The summed E-state index contributed by atoms with van der Waals surface area (Å²) in [5, 5.41) is 2.16. The molecule has 140 valence electrons. The Kier molecular flexibility index (Phi) is 4.14. The third kappa shape index (κ3) is 3.07. The Balaban J connectivity index is 1.43. The highest BCUT2D eigenvalue weighted by molar-refractivity contribution is 6.06. The first kappa shape index (κ1) is 17.3. The standard InChI is InChI=1S/C26H19NO2/c1-27-23-16-15-20-9-5-6-10-22(20)26(23)29-25(27)17-24(28)21-13-11-19(12-14-21)18-7-3-2-4-8-18/h2-17H,1H3. The molecule has 4 aromatic rings. The second-order valence-electron chi connectivity index (χ2n) is 7.09. The first-order valence-electron chi connectivity index (χ1n) is 9.55. The molecular formula is C26H19NO2. The van der Waals surface area contributed by atoms with Gasteiger partial charge in [0.05, 0.1) is 5.69 Å². The van der Waals surface area contributed by atoms with Gasteiger partial charge in [-0.2, -0.15) is 0 Å². The van der Waals surface area contributed by atoms with Crippen LogP contribution < -0.4 is 9.64 Å². The topological polar surface area (TPSA) is 29.5 Å². The van der Waals surface area contributed by atoms with Crippen molar-refractivity contribution in [3.05, 3.63) is 109 Å². The highest BCUT2D eigenvalue weighted by Gasteiger charge is 2.25. The number of nitrogens with zero attached hydrogens (tertiary/aromatic N) is 1. The monoisotopic (exact) mass is 377 g/mol. The second-order valence-corrected chi connectivity index (χ2v) is 7.09. The maximum absolute atomic E-state index is 12.8. The van der Waals surface area contributed by atoms with Crippen molar-refractivity contribution in [2.45, 2.75) is 0 Å². The molecule has 0 radical (unpaired) electrons. The average molecular weight is 377 g/mol. The molecule has 0 atom stereocenters. The molecule has 29 heavy (non-hydrogen) atoms. The first-order valence-corrected chi connectivity index (χ1v) is 9.55. The van der Waals surface area contributed by atoms with Gasteiger partial charge in [-0.15, -0.1) is 0 Å². The Morgan fingerprint density at radius 1 is 0.793 bits per heavy atom. The van der Waals surface area contributed by atoms with E-state index in [0.717, 1.165) is 33.3 Å². The number of fused-ring (bicyclic) bond motifs is 3. The molecule has 4 aromatic carbocycles. The van der Waals surface area contributed by atoms with Crippen molar-refractivity contribution in [3.8, 4) is 16.9 Å². The molecule has 1 aliphatic heterocycles. The molecule has 3 heteroatoms. The first-order chi connectivity index (χ1) is 14.2. The van der Waals surface area contributed by atoms with E-state index >= 15 is 0 Å². The summed E-state index contributed by atoms with van der Waals surface area (Å²) < 4.78 is 6.08. The zero-order valence-electron chi connectivity index (χ0n) is 16.0. The maximum atomic E-state index is 12.8. The van der Waals surface area contributed by atoms with Crippen LogP contribution in [0.15, 0.2) is 103 Å². The highest BCUT2D eigenvalue weighted by Crippen LogP contribution is 2.43. The highest BCUT2D eigenvalue weighted by atomic mass is 16.5. The molecule has 0 fully saturated rings. The lowest BCUT2D eigenvalue weighted by atomic mass is 10.0. The molecule has 0 aromatic heterocycles. The fourth-order valence-electron chi connectivity index (χ4n) is 3.67. The number of rotatable bonds is 3. The van der Waals surface area contributed by atoms with Gasteiger partial charge in [-0.1, -0.05) is 84.9 Å². The zero-order valence-corrected chi connectivity index (χ0v) is 16.0. The Labute approximate surface area is 169 Å². The van der Waals surface area contributed by atoms with E-state index in [-0.39, 0.29) is 5.78 Å². The van der Waals surface area contributed by atoms with E-state index in [4.69, 9.17) is 4.74 Å². The van der Waals surface area contributed by atoms with E-state index in [1.54, 1.807) is 6.08 Å². The molecule has 0 N–H and O–H groups in total. The molecule has 0 saturated carbocycles. The summed E-state index contributed by atoms with van der Waals surface area (Å²) in [5.74, 6) is 1.25. The quantitative estimate of drug-likeness (QED) is 0.321. The number of hydrogen-bond donors (Lipinski definition) is 0. The van der Waals surface area contributed by atoms with Crippen LogP contribution in [0.5, 0.6) is 5.75 Å². The molecule has 0 spiro atoms. The molecule has 3 nitrogen and oxygen atoms in total. The third-order valence-corrected chi connectivity index (χ3v) is 5.29. The summed E-state index contributed by atoms with van der Waals surface area (Å²) in [6, 6.07) is 30.0. The van der Waals surface area contributed by atoms with Gasteiger partial charge in [0, 0.05) is 24.1 Å². The van der Waals surface area contributed by atoms with Crippen molar-refractivity contribution in [1.82, 2.24) is 0 Å². The normalized spacial score (nSPS) is 14.1. The van der Waals surface area contributed by atoms with Gasteiger partial charge < -0.3 is 9.64 Å². The van der Waals surface area contributed by atoms with E-state index in [9.17, 15) is 4.79 Å². The number of carbonyl (C=O) groups is 1. The number of benzene rings is 4. The smallest absolute Gasteiger partial charge is 0.204 e. The SMILES string of the molecule is CN1C(=CC(=O)c2ccc(-c3ccccc3)cc2)Oc2c1ccc1ccccc21. The number of allylic oxidation sites excluding steroid dienone is 1. The Morgan fingerprint density at radius 2 is 1.48 bits per heavy atom. The van der Waals surface area contributed by atoms with Gasteiger partial charge in [-0.05, 0) is 22.6 Å². The van der Waals surface area contributed by atoms with Gasteiger partial charge in [0.15, 0.2) is 11.5 Å². The van der Waals surface area contributed by atoms with Crippen LogP contribution in [0.3, 0.4) is 0 Å². The summed E-state index contributed by atoms with van der Waals surface area (Å²) in [6.07, 6.45) is 1.56. The van der Waals surface area contributed by atoms with Gasteiger partial charge >= 0.3 is 0 Å². The van der Waals surface area contributed by atoms with Gasteiger partial charge in [-0.3, -0.25) is 4.79 Å². The minimum absolute atomic E-state index is 0.0800. The van der Waals surface area contributed by atoms with Crippen LogP contribution in [0, 0.1) is 0 Å². The largest absolute Gasteiger partial charge is 0.438 e. The third-order valence-electron chi connectivity index (χ3n) is 5.29. The van der Waals surface area contributed by atoms with E-state index in [2.05, 4.69) is 24.3 Å². The summed E-state index contributed by atoms with van der Waals surface area (Å²) in [5.41, 5.74) is 3.81. The second kappa shape index (κ2) is 6.95. The van der Waals surface area contributed by atoms with Crippen molar-refractivity contribution in [1.29, 1.82) is 0 Å². The van der Waals surface area contributed by atoms with Crippen LogP contribution in [0.2, 0.25) is 0 Å². The molecule has 0 bridgehead atoms. The predicted octanol–water partition coefficient (Wildman–Crippen LogP) is 6.06. The number of hydrogen-bond acceptors (Lipinski definition) is 3. The van der Waals surface area contributed by atoms with E-state index < -0.39 is 0 Å². The summed E-state index contributed by atoms with van der Waals surface area (Å²) >= 11 is 0. The van der Waals surface area contributed by atoms with Crippen molar-refractivity contribution in [2.24, 2.45) is 0 Å². The van der Waals surface area contributed by atoms with Crippen molar-refractivity contribution in [3.63, 3.8) is 0 Å². The molecule has 0 amide bonds. The minimum Gasteiger partial charge on any atom is -0.438 e. The number of anilines is 1. The summed E-state index contributed by atoms with van der Waals surface area (Å²) in [7, 11) is 1.91. The van der Waals surface area contributed by atoms with Crippen LogP contribution in [-0.4, -0.2) is 12.8 Å². The van der Waals surface area contributed by atoms with Crippen LogP contribution in [0.1, 0.15) is 10.4 Å². The van der Waals surface area contributed by atoms with Crippen molar-refractivity contribution >= 4 is 22.2 Å². The van der Waals surface area contributed by atoms with Crippen LogP contribution in [0.4, 0.5) is 5.69 Å². The van der Waals surface area contributed by atoms with Gasteiger partial charge in [0.1, 0.15) is 0 Å². The summed E-state index contributed by atoms with van der Waals surface area (Å²) in [6.45, 7) is 0. The van der Waals surface area contributed by atoms with Crippen LogP contribution >= 0.6 is 0 Å². The van der Waals surface area contributed by atoms with E-state index in [1.165, 1.54) is 0 Å². The fraction of sp³-hybridized carbons (Fsp3) is 0.0385. The predicted molar refractivity (Wildman–Crippen MR) is 117 cm³/mol. The maximum Gasteiger partial charge on any atom is 0.204 e. The molecule has 1 heterocycles. The van der Waals surface area contributed by atoms with Crippen molar-refractivity contribution in [2.75, 3.05) is 11.9 Å². The molecule has 0 unspecified atom stereocenters. The van der Waals surface area contributed by atoms with Gasteiger partial charge in [-0.25, -0.2) is 0 Å². The average Bonchev–Trinajstić information content (AvgIpc) is 3.10. The van der Waals surface area contributed by atoms with Crippen LogP contribution in [0.25, 0.3) is 21.9 Å². The lowest BCUT2D eigenvalue weighted by Crippen LogP contribution is -2.15. The Hall–Kier alpha value is -3.85. The molecule has 1 aliphatic rings. The van der Waals surface area contributed by atoms with Gasteiger partial charge in [0.2, 0.25) is 5.88 Å². The van der Waals surface area contributed by atoms with Gasteiger partial charge in [0.25, 0.3) is 0 Å². The number of ether oxygens (including phenoxy) is 1. The fourth-order valence-corrected chi connectivity index (χ4v) is 3.67. The molecular weight excluding hydrogens is 358 g/mol. The van der Waals surface area contributed by atoms with Crippen molar-refractivity contribution < 1.29 is 9.53 Å². The Bertz CT molecular complexity index is 1240. The lowest BCUT2D eigenvalue weighted by molar-refractivity contribution is 0.104. The molecule has 5 rings (SSSR count). The molecule has 0 aliphatic carbocycles. The number of carbonyl (C=O) groups excluding carboxylic acids is 1. The number of ketones is 1. The minimum atomic E-state index is -0.0800. The zero-order chi connectivity index (χ0) is 19.8. The Morgan fingerprint density at radius 3 is 2.28 bits per heavy atom. The van der Waals surface area contributed by atoms with Crippen LogP contribution in [-0.2, 0) is 0 Å². The molecule has 0 saturated heterocycles. The summed E-state index contributed by atoms with van der Waals surface area (Å²) in [4.78, 5) is 14.7. The lowest BCUT2D eigenvalue weighted by Gasteiger charge is -2.10.